The van der Waals surface area contributed by atoms with Gasteiger partial charge in [0.15, 0.2) is 5.13 Å². The molecule has 1 aliphatic carbocycles. The van der Waals surface area contributed by atoms with Crippen LogP contribution in [0.5, 0.6) is 0 Å². The molecule has 0 aliphatic heterocycles. The van der Waals surface area contributed by atoms with Crippen LogP contribution in [0.15, 0.2) is 60.2 Å². The molecule has 1 heterocycles. The van der Waals surface area contributed by atoms with Crippen molar-refractivity contribution in [1.29, 1.82) is 0 Å². The normalized spacial score (nSPS) is 18.9. The number of ether oxygens (including phenoxy) is 1. The zero-order chi connectivity index (χ0) is 20.6. The lowest BCUT2D eigenvalue weighted by Gasteiger charge is -2.27. The molecule has 0 amide bonds. The number of thiazole rings is 1. The van der Waals surface area contributed by atoms with E-state index < -0.39 is 11.6 Å². The quantitative estimate of drug-likeness (QED) is 0.551. The molecule has 148 valence electrons. The minimum Gasteiger partial charge on any atom is -0.466 e. The molecule has 7 heteroatoms. The SMILES string of the molecule is COC(=O)C1=CC=C(c2ccc(Nc3nc4ccc(F)cc4s3)cc2)CC1(C)F. The van der Waals surface area contributed by atoms with Crippen molar-refractivity contribution >= 4 is 43.9 Å². The van der Waals surface area contributed by atoms with Gasteiger partial charge >= 0.3 is 5.97 Å². The summed E-state index contributed by atoms with van der Waals surface area (Å²) < 4.78 is 33.7. The maximum Gasteiger partial charge on any atom is 0.336 e. The average Bonchev–Trinajstić information content (AvgIpc) is 3.08. The fraction of sp³-hybridized carbons (Fsp3) is 0.182. The minimum absolute atomic E-state index is 0.0225. The van der Waals surface area contributed by atoms with E-state index in [1.54, 1.807) is 12.1 Å². The van der Waals surface area contributed by atoms with Gasteiger partial charge in [-0.25, -0.2) is 18.6 Å². The number of hydrogen-bond donors (Lipinski definition) is 1. The van der Waals surface area contributed by atoms with Gasteiger partial charge in [0.1, 0.15) is 11.5 Å². The number of nitrogens with one attached hydrogen (secondary N) is 1. The van der Waals surface area contributed by atoms with Crippen LogP contribution in [0, 0.1) is 5.82 Å². The monoisotopic (exact) mass is 412 g/mol. The molecule has 4 rings (SSSR count). The maximum atomic E-state index is 14.9. The number of halogens is 2. The molecule has 0 radical (unpaired) electrons. The van der Waals surface area contributed by atoms with E-state index in [9.17, 15) is 13.6 Å². The molecule has 0 bridgehead atoms. The number of methoxy groups -OCH3 is 1. The minimum atomic E-state index is -1.79. The van der Waals surface area contributed by atoms with Crippen molar-refractivity contribution in [3.63, 3.8) is 0 Å². The summed E-state index contributed by atoms with van der Waals surface area (Å²) in [6.07, 6.45) is 3.32. The first-order valence-corrected chi connectivity index (χ1v) is 9.79. The number of esters is 1. The number of allylic oxidation sites excluding steroid dienone is 3. The van der Waals surface area contributed by atoms with E-state index in [4.69, 9.17) is 0 Å². The number of aromatic nitrogens is 1. The third-order valence-corrected chi connectivity index (χ3v) is 5.73. The van der Waals surface area contributed by atoms with Crippen LogP contribution in [0.4, 0.5) is 19.6 Å². The van der Waals surface area contributed by atoms with Gasteiger partial charge in [0.05, 0.1) is 22.9 Å². The van der Waals surface area contributed by atoms with Gasteiger partial charge in [-0.15, -0.1) is 0 Å². The Kier molecular flexibility index (Phi) is 4.92. The summed E-state index contributed by atoms with van der Waals surface area (Å²) in [4.78, 5) is 16.2. The smallest absolute Gasteiger partial charge is 0.336 e. The Morgan fingerprint density at radius 2 is 1.97 bits per heavy atom. The molecule has 2 aromatic carbocycles. The summed E-state index contributed by atoms with van der Waals surface area (Å²) in [5, 5.41) is 3.87. The van der Waals surface area contributed by atoms with Gasteiger partial charge in [0, 0.05) is 12.1 Å². The van der Waals surface area contributed by atoms with Crippen LogP contribution in [0.2, 0.25) is 0 Å². The highest BCUT2D eigenvalue weighted by molar-refractivity contribution is 7.22. The van der Waals surface area contributed by atoms with Crippen LogP contribution in [-0.4, -0.2) is 23.7 Å². The van der Waals surface area contributed by atoms with Gasteiger partial charge in [-0.05, 0) is 54.5 Å². The molecular weight excluding hydrogens is 394 g/mol. The lowest BCUT2D eigenvalue weighted by molar-refractivity contribution is -0.137. The molecule has 1 N–H and O–H groups in total. The first kappa shape index (κ1) is 19.3. The highest BCUT2D eigenvalue weighted by Crippen LogP contribution is 2.38. The van der Waals surface area contributed by atoms with Gasteiger partial charge in [0.25, 0.3) is 0 Å². The Labute approximate surface area is 170 Å². The van der Waals surface area contributed by atoms with Crippen molar-refractivity contribution < 1.29 is 18.3 Å². The number of carbonyl (C=O) groups excluding carboxylic acids is 1. The predicted molar refractivity (Wildman–Crippen MR) is 112 cm³/mol. The van der Waals surface area contributed by atoms with Gasteiger partial charge in [-0.2, -0.15) is 0 Å². The van der Waals surface area contributed by atoms with E-state index in [0.717, 1.165) is 27.0 Å². The first-order chi connectivity index (χ1) is 13.9. The van der Waals surface area contributed by atoms with Crippen molar-refractivity contribution in [2.45, 2.75) is 19.0 Å². The number of hydrogen-bond acceptors (Lipinski definition) is 5. The lowest BCUT2D eigenvalue weighted by atomic mass is 9.83. The Balaban J connectivity index is 1.54. The Bertz CT molecular complexity index is 1150. The Morgan fingerprint density at radius 3 is 2.66 bits per heavy atom. The maximum absolute atomic E-state index is 14.9. The van der Waals surface area contributed by atoms with Crippen LogP contribution in [-0.2, 0) is 9.53 Å². The average molecular weight is 412 g/mol. The Hall–Kier alpha value is -3.06. The highest BCUT2D eigenvalue weighted by atomic mass is 32.1. The Morgan fingerprint density at radius 1 is 1.21 bits per heavy atom. The fourth-order valence-electron chi connectivity index (χ4n) is 3.30. The molecular formula is C22H18F2N2O2S. The summed E-state index contributed by atoms with van der Waals surface area (Å²) in [7, 11) is 1.24. The van der Waals surface area contributed by atoms with Crippen molar-refractivity contribution in [3.05, 3.63) is 71.6 Å². The zero-order valence-electron chi connectivity index (χ0n) is 15.8. The molecule has 1 aliphatic rings. The van der Waals surface area contributed by atoms with E-state index in [1.807, 2.05) is 24.3 Å². The van der Waals surface area contributed by atoms with Gasteiger partial charge < -0.3 is 10.1 Å². The second-order valence-electron chi connectivity index (χ2n) is 6.97. The van der Waals surface area contributed by atoms with Crippen LogP contribution in [0.25, 0.3) is 15.8 Å². The molecule has 0 spiro atoms. The molecule has 3 aromatic rings. The standard InChI is InChI=1S/C22H18F2N2O2S/c1-22(24)12-14(5-9-17(22)20(27)28-2)13-3-7-16(8-4-13)25-21-26-18-10-6-15(23)11-19(18)29-21/h3-11H,12H2,1-2H3,(H,25,26). The lowest BCUT2D eigenvalue weighted by Crippen LogP contribution is -2.29. The number of alkyl halides is 1. The number of rotatable bonds is 4. The zero-order valence-corrected chi connectivity index (χ0v) is 16.6. The number of carbonyl (C=O) groups is 1. The predicted octanol–water partition coefficient (Wildman–Crippen LogP) is 5.79. The van der Waals surface area contributed by atoms with E-state index in [2.05, 4.69) is 15.0 Å². The van der Waals surface area contributed by atoms with Crippen molar-refractivity contribution in [2.75, 3.05) is 12.4 Å². The third-order valence-electron chi connectivity index (χ3n) is 4.80. The van der Waals surface area contributed by atoms with Crippen LogP contribution in [0.3, 0.4) is 0 Å². The van der Waals surface area contributed by atoms with Crippen LogP contribution >= 0.6 is 11.3 Å². The summed E-state index contributed by atoms with van der Waals surface area (Å²) in [6.45, 7) is 1.38. The van der Waals surface area contributed by atoms with E-state index in [1.165, 1.54) is 43.6 Å². The summed E-state index contributed by atoms with van der Waals surface area (Å²) in [5.74, 6) is -0.942. The molecule has 4 nitrogen and oxygen atoms in total. The van der Waals surface area contributed by atoms with Crippen LogP contribution < -0.4 is 5.32 Å². The summed E-state index contributed by atoms with van der Waals surface area (Å²) in [5.41, 5.74) is 1.45. The molecule has 29 heavy (non-hydrogen) atoms. The number of benzene rings is 2. The molecule has 0 fully saturated rings. The van der Waals surface area contributed by atoms with Crippen LogP contribution in [0.1, 0.15) is 18.9 Å². The largest absolute Gasteiger partial charge is 0.466 e. The molecule has 0 saturated carbocycles. The molecule has 0 saturated heterocycles. The number of fused-ring (bicyclic) bond motifs is 1. The second-order valence-corrected chi connectivity index (χ2v) is 8.00. The highest BCUT2D eigenvalue weighted by Gasteiger charge is 2.37. The van der Waals surface area contributed by atoms with E-state index >= 15 is 0 Å². The van der Waals surface area contributed by atoms with E-state index in [0.29, 0.717) is 5.13 Å². The summed E-state index contributed by atoms with van der Waals surface area (Å²) >= 11 is 1.37. The number of nitrogens with zero attached hydrogens (tertiary/aromatic N) is 1. The second kappa shape index (κ2) is 7.40. The molecule has 1 atom stereocenters. The topological polar surface area (TPSA) is 51.2 Å². The summed E-state index contributed by atoms with van der Waals surface area (Å²) in [6, 6.07) is 12.0. The van der Waals surface area contributed by atoms with Gasteiger partial charge in [-0.3, -0.25) is 0 Å². The first-order valence-electron chi connectivity index (χ1n) is 8.98. The van der Waals surface area contributed by atoms with E-state index in [-0.39, 0.29) is 17.8 Å². The van der Waals surface area contributed by atoms with Gasteiger partial charge in [-0.1, -0.05) is 29.5 Å². The fourth-order valence-corrected chi connectivity index (χ4v) is 4.21. The van der Waals surface area contributed by atoms with Crippen molar-refractivity contribution in [3.8, 4) is 0 Å². The van der Waals surface area contributed by atoms with Crippen molar-refractivity contribution in [2.24, 2.45) is 0 Å². The third kappa shape index (κ3) is 3.91. The van der Waals surface area contributed by atoms with Gasteiger partial charge in [0.2, 0.25) is 0 Å². The number of anilines is 2. The molecule has 1 unspecified atom stereocenters. The molecule has 1 aromatic heterocycles. The van der Waals surface area contributed by atoms with Crippen molar-refractivity contribution in [1.82, 2.24) is 4.98 Å².